The van der Waals surface area contributed by atoms with Crippen LogP contribution in [0.25, 0.3) is 0 Å². The standard InChI is InChI=1S/C19H19NO5/c1-3-24-19(22)13-6-4-8-15(10-13)20-11-14-7-5-9-16(23-2)18(14)25-12-17(20)21/h4-10H,3,11-12H2,1-2H3. The number of ether oxygens (including phenoxy) is 3. The van der Waals surface area contributed by atoms with E-state index in [9.17, 15) is 9.59 Å². The van der Waals surface area contributed by atoms with E-state index in [1.807, 2.05) is 12.1 Å². The summed E-state index contributed by atoms with van der Waals surface area (Å²) < 4.78 is 16.0. The first-order chi connectivity index (χ1) is 12.1. The lowest BCUT2D eigenvalue weighted by Gasteiger charge is -2.20. The van der Waals surface area contributed by atoms with Gasteiger partial charge < -0.3 is 19.1 Å². The van der Waals surface area contributed by atoms with Gasteiger partial charge in [0.15, 0.2) is 18.1 Å². The lowest BCUT2D eigenvalue weighted by atomic mass is 10.1. The minimum atomic E-state index is -0.412. The first-order valence-electron chi connectivity index (χ1n) is 8.00. The van der Waals surface area contributed by atoms with E-state index >= 15 is 0 Å². The number of esters is 1. The molecule has 6 nitrogen and oxygen atoms in total. The van der Waals surface area contributed by atoms with Crippen LogP contribution >= 0.6 is 0 Å². The molecule has 1 heterocycles. The first kappa shape index (κ1) is 16.8. The van der Waals surface area contributed by atoms with Crippen molar-refractivity contribution in [3.05, 3.63) is 53.6 Å². The first-order valence-corrected chi connectivity index (χ1v) is 8.00. The Labute approximate surface area is 145 Å². The van der Waals surface area contributed by atoms with E-state index in [4.69, 9.17) is 14.2 Å². The van der Waals surface area contributed by atoms with Gasteiger partial charge in [-0.05, 0) is 31.2 Å². The zero-order valence-electron chi connectivity index (χ0n) is 14.2. The molecule has 130 valence electrons. The third-order valence-corrected chi connectivity index (χ3v) is 3.92. The number of benzene rings is 2. The molecule has 2 aromatic carbocycles. The molecular weight excluding hydrogens is 322 g/mol. The van der Waals surface area contributed by atoms with E-state index in [1.54, 1.807) is 49.3 Å². The molecule has 0 radical (unpaired) electrons. The fourth-order valence-electron chi connectivity index (χ4n) is 2.73. The highest BCUT2D eigenvalue weighted by molar-refractivity contribution is 5.97. The molecule has 0 saturated carbocycles. The Morgan fingerprint density at radius 3 is 2.80 bits per heavy atom. The minimum Gasteiger partial charge on any atom is -0.493 e. The molecule has 0 spiro atoms. The number of amides is 1. The highest BCUT2D eigenvalue weighted by atomic mass is 16.5. The quantitative estimate of drug-likeness (QED) is 0.800. The monoisotopic (exact) mass is 341 g/mol. The number of para-hydroxylation sites is 1. The molecular formula is C19H19NO5. The topological polar surface area (TPSA) is 65.1 Å². The third kappa shape index (κ3) is 3.42. The van der Waals surface area contributed by atoms with Crippen LogP contribution in [0.2, 0.25) is 0 Å². The number of carbonyl (C=O) groups is 2. The number of nitrogens with zero attached hydrogens (tertiary/aromatic N) is 1. The molecule has 0 aliphatic carbocycles. The lowest BCUT2D eigenvalue weighted by molar-refractivity contribution is -0.120. The Morgan fingerprint density at radius 1 is 1.24 bits per heavy atom. The van der Waals surface area contributed by atoms with Crippen LogP contribution in [0.4, 0.5) is 5.69 Å². The van der Waals surface area contributed by atoms with Crippen molar-refractivity contribution < 1.29 is 23.8 Å². The highest BCUT2D eigenvalue weighted by Gasteiger charge is 2.25. The average molecular weight is 341 g/mol. The number of hydrogen-bond acceptors (Lipinski definition) is 5. The largest absolute Gasteiger partial charge is 0.493 e. The van der Waals surface area contributed by atoms with Gasteiger partial charge in [-0.25, -0.2) is 4.79 Å². The van der Waals surface area contributed by atoms with Crippen molar-refractivity contribution in [1.29, 1.82) is 0 Å². The van der Waals surface area contributed by atoms with Gasteiger partial charge in [0.25, 0.3) is 5.91 Å². The van der Waals surface area contributed by atoms with Gasteiger partial charge in [0.05, 0.1) is 25.8 Å². The van der Waals surface area contributed by atoms with Gasteiger partial charge >= 0.3 is 5.97 Å². The summed E-state index contributed by atoms with van der Waals surface area (Å²) in [5.74, 6) is 0.555. The van der Waals surface area contributed by atoms with Crippen LogP contribution in [0, 0.1) is 0 Å². The maximum atomic E-state index is 12.5. The van der Waals surface area contributed by atoms with Crippen molar-refractivity contribution in [2.45, 2.75) is 13.5 Å². The van der Waals surface area contributed by atoms with E-state index in [1.165, 1.54) is 0 Å². The number of rotatable bonds is 4. The van der Waals surface area contributed by atoms with Crippen molar-refractivity contribution in [2.24, 2.45) is 0 Å². The molecule has 0 N–H and O–H groups in total. The second kappa shape index (κ2) is 7.25. The predicted molar refractivity (Wildman–Crippen MR) is 92.1 cm³/mol. The van der Waals surface area contributed by atoms with Crippen LogP contribution in [0.5, 0.6) is 11.5 Å². The van der Waals surface area contributed by atoms with Crippen LogP contribution in [0.3, 0.4) is 0 Å². The Hall–Kier alpha value is -3.02. The molecule has 0 fully saturated rings. The van der Waals surface area contributed by atoms with Crippen LogP contribution in [0.1, 0.15) is 22.8 Å². The molecule has 6 heteroatoms. The SMILES string of the molecule is CCOC(=O)c1cccc(N2Cc3cccc(OC)c3OCC2=O)c1. The van der Waals surface area contributed by atoms with Crippen LogP contribution in [0.15, 0.2) is 42.5 Å². The zero-order chi connectivity index (χ0) is 17.8. The van der Waals surface area contributed by atoms with E-state index in [0.29, 0.717) is 35.9 Å². The van der Waals surface area contributed by atoms with Gasteiger partial charge in [-0.1, -0.05) is 18.2 Å². The summed E-state index contributed by atoms with van der Waals surface area (Å²) >= 11 is 0. The Balaban J connectivity index is 1.95. The van der Waals surface area contributed by atoms with Gasteiger partial charge in [0.1, 0.15) is 0 Å². The minimum absolute atomic E-state index is 0.100. The Bertz CT molecular complexity index is 802. The summed E-state index contributed by atoms with van der Waals surface area (Å²) in [4.78, 5) is 26.1. The van der Waals surface area contributed by atoms with E-state index in [-0.39, 0.29) is 12.5 Å². The summed E-state index contributed by atoms with van der Waals surface area (Å²) in [6.07, 6.45) is 0. The summed E-state index contributed by atoms with van der Waals surface area (Å²) in [5, 5.41) is 0. The second-order valence-corrected chi connectivity index (χ2v) is 5.49. The van der Waals surface area contributed by atoms with Crippen LogP contribution in [-0.4, -0.2) is 32.2 Å². The van der Waals surface area contributed by atoms with Gasteiger partial charge in [-0.15, -0.1) is 0 Å². The fourth-order valence-corrected chi connectivity index (χ4v) is 2.73. The van der Waals surface area contributed by atoms with Gasteiger partial charge in [-0.2, -0.15) is 0 Å². The normalized spacial score (nSPS) is 13.5. The third-order valence-electron chi connectivity index (χ3n) is 3.92. The number of fused-ring (bicyclic) bond motifs is 1. The molecule has 0 atom stereocenters. The number of carbonyl (C=O) groups excluding carboxylic acids is 2. The average Bonchev–Trinajstić information content (AvgIpc) is 2.81. The summed E-state index contributed by atoms with van der Waals surface area (Å²) in [5.41, 5.74) is 1.87. The number of anilines is 1. The molecule has 3 rings (SSSR count). The molecule has 0 aromatic heterocycles. The molecule has 1 amide bonds. The smallest absolute Gasteiger partial charge is 0.338 e. The van der Waals surface area contributed by atoms with Crippen molar-refractivity contribution in [3.8, 4) is 11.5 Å². The number of methoxy groups -OCH3 is 1. The molecule has 0 saturated heterocycles. The Morgan fingerprint density at radius 2 is 2.04 bits per heavy atom. The molecule has 1 aliphatic heterocycles. The van der Waals surface area contributed by atoms with Gasteiger partial charge in [0, 0.05) is 11.3 Å². The van der Waals surface area contributed by atoms with Crippen molar-refractivity contribution in [3.63, 3.8) is 0 Å². The predicted octanol–water partition coefficient (Wildman–Crippen LogP) is 2.80. The molecule has 25 heavy (non-hydrogen) atoms. The van der Waals surface area contributed by atoms with E-state index in [2.05, 4.69) is 0 Å². The highest BCUT2D eigenvalue weighted by Crippen LogP contribution is 2.34. The summed E-state index contributed by atoms with van der Waals surface area (Å²) in [6.45, 7) is 2.28. The summed E-state index contributed by atoms with van der Waals surface area (Å²) in [6, 6.07) is 12.4. The summed E-state index contributed by atoms with van der Waals surface area (Å²) in [7, 11) is 1.56. The zero-order valence-corrected chi connectivity index (χ0v) is 14.2. The lowest BCUT2D eigenvalue weighted by Crippen LogP contribution is -2.32. The van der Waals surface area contributed by atoms with Gasteiger partial charge in [0.2, 0.25) is 0 Å². The van der Waals surface area contributed by atoms with E-state index in [0.717, 1.165) is 5.56 Å². The maximum absolute atomic E-state index is 12.5. The van der Waals surface area contributed by atoms with Crippen LogP contribution < -0.4 is 14.4 Å². The maximum Gasteiger partial charge on any atom is 0.338 e. The van der Waals surface area contributed by atoms with Crippen molar-refractivity contribution in [2.75, 3.05) is 25.2 Å². The Kier molecular flexibility index (Phi) is 4.88. The van der Waals surface area contributed by atoms with E-state index < -0.39 is 5.97 Å². The van der Waals surface area contributed by atoms with Crippen LogP contribution in [-0.2, 0) is 16.1 Å². The van der Waals surface area contributed by atoms with Crippen molar-refractivity contribution >= 4 is 17.6 Å². The van der Waals surface area contributed by atoms with Gasteiger partial charge in [-0.3, -0.25) is 4.79 Å². The second-order valence-electron chi connectivity index (χ2n) is 5.49. The molecule has 2 aromatic rings. The molecule has 1 aliphatic rings. The fraction of sp³-hybridized carbons (Fsp3) is 0.263. The molecule has 0 unspecified atom stereocenters. The number of hydrogen-bond donors (Lipinski definition) is 0. The molecule has 0 bridgehead atoms. The van der Waals surface area contributed by atoms with Crippen molar-refractivity contribution in [1.82, 2.24) is 0 Å².